The molecule has 3 rings (SSSR count). The maximum atomic E-state index is 8.85. The van der Waals surface area contributed by atoms with Crippen molar-refractivity contribution >= 4 is 0 Å². The fraction of sp³-hybridized carbons (Fsp3) is 0.478. The van der Waals surface area contributed by atoms with Crippen LogP contribution in [0.15, 0.2) is 42.6 Å². The molecule has 1 aliphatic rings. The van der Waals surface area contributed by atoms with E-state index in [1.807, 2.05) is 12.1 Å². The van der Waals surface area contributed by atoms with Gasteiger partial charge in [0.2, 0.25) is 0 Å². The minimum absolute atomic E-state index is 0.606. The molecule has 0 N–H and O–H groups in total. The summed E-state index contributed by atoms with van der Waals surface area (Å²) in [6.07, 6.45) is 12.7. The molecule has 0 spiro atoms. The van der Waals surface area contributed by atoms with E-state index in [0.29, 0.717) is 5.56 Å². The van der Waals surface area contributed by atoms with E-state index in [2.05, 4.69) is 42.2 Å². The van der Waals surface area contributed by atoms with Gasteiger partial charge in [0.25, 0.3) is 0 Å². The number of benzene rings is 1. The van der Waals surface area contributed by atoms with E-state index < -0.39 is 0 Å². The van der Waals surface area contributed by atoms with Crippen LogP contribution in [0.4, 0.5) is 0 Å². The first-order valence-electron chi connectivity index (χ1n) is 9.74. The summed E-state index contributed by atoms with van der Waals surface area (Å²) >= 11 is 0. The summed E-state index contributed by atoms with van der Waals surface area (Å²) in [5.41, 5.74) is 4.08. The predicted molar refractivity (Wildman–Crippen MR) is 103 cm³/mol. The Bertz CT molecular complexity index is 686. The number of hydrogen-bond donors (Lipinski definition) is 0. The van der Waals surface area contributed by atoms with E-state index in [4.69, 9.17) is 5.26 Å². The van der Waals surface area contributed by atoms with Gasteiger partial charge in [-0.1, -0.05) is 69.7 Å². The number of hydrogen-bond acceptors (Lipinski definition) is 2. The standard InChI is InChI=1S/C23H28N2/c1-2-3-18-4-6-19(7-5-18)8-9-20-10-13-22(14-11-20)23-15-12-21(16-24)17-25-23/h10-15,17-19H,2-9H2,1H3/t18-,19-. The molecule has 0 aliphatic heterocycles. The molecule has 1 fully saturated rings. The van der Waals surface area contributed by atoms with Crippen molar-refractivity contribution < 1.29 is 0 Å². The van der Waals surface area contributed by atoms with Crippen molar-refractivity contribution in [2.75, 3.05) is 0 Å². The van der Waals surface area contributed by atoms with E-state index in [1.54, 1.807) is 6.20 Å². The molecule has 2 heteroatoms. The van der Waals surface area contributed by atoms with Gasteiger partial charge in [0.05, 0.1) is 11.3 Å². The van der Waals surface area contributed by atoms with Crippen LogP contribution in [0.25, 0.3) is 11.3 Å². The maximum absolute atomic E-state index is 8.85. The summed E-state index contributed by atoms with van der Waals surface area (Å²) in [5, 5.41) is 8.85. The monoisotopic (exact) mass is 332 g/mol. The smallest absolute Gasteiger partial charge is 0.101 e. The molecule has 1 aromatic heterocycles. The third-order valence-corrected chi connectivity index (χ3v) is 5.65. The maximum Gasteiger partial charge on any atom is 0.101 e. The van der Waals surface area contributed by atoms with Gasteiger partial charge in [-0.25, -0.2) is 0 Å². The Morgan fingerprint density at radius 2 is 1.64 bits per heavy atom. The number of rotatable bonds is 6. The zero-order valence-electron chi connectivity index (χ0n) is 15.2. The third-order valence-electron chi connectivity index (χ3n) is 5.65. The van der Waals surface area contributed by atoms with Crippen LogP contribution in [0.1, 0.15) is 63.0 Å². The van der Waals surface area contributed by atoms with Gasteiger partial charge < -0.3 is 0 Å². The average molecular weight is 332 g/mol. The lowest BCUT2D eigenvalue weighted by atomic mass is 9.78. The Morgan fingerprint density at radius 3 is 2.20 bits per heavy atom. The number of nitriles is 1. The lowest BCUT2D eigenvalue weighted by Gasteiger charge is -2.28. The first-order chi connectivity index (χ1) is 12.3. The molecule has 0 bridgehead atoms. The lowest BCUT2D eigenvalue weighted by molar-refractivity contribution is 0.252. The fourth-order valence-corrected chi connectivity index (χ4v) is 4.06. The zero-order valence-corrected chi connectivity index (χ0v) is 15.2. The van der Waals surface area contributed by atoms with E-state index in [0.717, 1.165) is 23.1 Å². The molecular formula is C23H28N2. The van der Waals surface area contributed by atoms with Gasteiger partial charge in [-0.05, 0) is 42.4 Å². The third kappa shape index (κ3) is 4.92. The first-order valence-corrected chi connectivity index (χ1v) is 9.74. The van der Waals surface area contributed by atoms with Crippen molar-refractivity contribution in [3.8, 4) is 17.3 Å². The van der Waals surface area contributed by atoms with Crippen LogP contribution in [0.2, 0.25) is 0 Å². The summed E-state index contributed by atoms with van der Waals surface area (Å²) in [5.74, 6) is 1.92. The Balaban J connectivity index is 1.50. The topological polar surface area (TPSA) is 36.7 Å². The van der Waals surface area contributed by atoms with Crippen LogP contribution in [0.5, 0.6) is 0 Å². The second kappa shape index (κ2) is 8.81. The second-order valence-electron chi connectivity index (χ2n) is 7.45. The molecule has 0 atom stereocenters. The Labute approximate surface area is 151 Å². The van der Waals surface area contributed by atoms with Gasteiger partial charge in [-0.15, -0.1) is 0 Å². The summed E-state index contributed by atoms with van der Waals surface area (Å²) in [6.45, 7) is 2.31. The predicted octanol–water partition coefficient (Wildman–Crippen LogP) is 6.16. The van der Waals surface area contributed by atoms with Crippen LogP contribution in [0.3, 0.4) is 0 Å². The number of aromatic nitrogens is 1. The highest BCUT2D eigenvalue weighted by Crippen LogP contribution is 2.33. The molecule has 1 heterocycles. The first kappa shape index (κ1) is 17.7. The van der Waals surface area contributed by atoms with E-state index in [9.17, 15) is 0 Å². The molecular weight excluding hydrogens is 304 g/mol. The summed E-state index contributed by atoms with van der Waals surface area (Å²) in [6, 6.07) is 14.6. The minimum Gasteiger partial charge on any atom is -0.255 e. The Morgan fingerprint density at radius 1 is 0.960 bits per heavy atom. The quantitative estimate of drug-likeness (QED) is 0.635. The van der Waals surface area contributed by atoms with E-state index in [-0.39, 0.29) is 0 Å². The van der Waals surface area contributed by atoms with Gasteiger partial charge in [0.15, 0.2) is 0 Å². The zero-order chi connectivity index (χ0) is 17.5. The van der Waals surface area contributed by atoms with Crippen molar-refractivity contribution in [3.63, 3.8) is 0 Å². The second-order valence-corrected chi connectivity index (χ2v) is 7.45. The van der Waals surface area contributed by atoms with Gasteiger partial charge in [0, 0.05) is 11.8 Å². The summed E-state index contributed by atoms with van der Waals surface area (Å²) < 4.78 is 0. The van der Waals surface area contributed by atoms with Crippen LogP contribution in [-0.2, 0) is 6.42 Å². The van der Waals surface area contributed by atoms with Gasteiger partial charge in [-0.3, -0.25) is 4.98 Å². The Kier molecular flexibility index (Phi) is 6.23. The Hall–Kier alpha value is -2.14. The highest BCUT2D eigenvalue weighted by atomic mass is 14.7. The number of aryl methyl sites for hydroxylation is 1. The van der Waals surface area contributed by atoms with Crippen LogP contribution in [-0.4, -0.2) is 4.98 Å². The average Bonchev–Trinajstić information content (AvgIpc) is 2.68. The lowest BCUT2D eigenvalue weighted by Crippen LogP contribution is -2.15. The molecule has 0 amide bonds. The number of pyridine rings is 1. The normalized spacial score (nSPS) is 20.2. The van der Waals surface area contributed by atoms with Gasteiger partial charge in [-0.2, -0.15) is 5.26 Å². The summed E-state index contributed by atoms with van der Waals surface area (Å²) in [4.78, 5) is 4.37. The molecule has 1 aromatic carbocycles. The van der Waals surface area contributed by atoms with Crippen molar-refractivity contribution in [1.29, 1.82) is 5.26 Å². The molecule has 2 nitrogen and oxygen atoms in total. The molecule has 1 aliphatic carbocycles. The van der Waals surface area contributed by atoms with Crippen LogP contribution < -0.4 is 0 Å². The van der Waals surface area contributed by atoms with Crippen molar-refractivity contribution in [3.05, 3.63) is 53.7 Å². The van der Waals surface area contributed by atoms with Crippen LogP contribution in [0, 0.1) is 23.2 Å². The molecule has 0 unspecified atom stereocenters. The van der Waals surface area contributed by atoms with Crippen molar-refractivity contribution in [1.82, 2.24) is 4.98 Å². The van der Waals surface area contributed by atoms with Crippen LogP contribution >= 0.6 is 0 Å². The largest absolute Gasteiger partial charge is 0.255 e. The van der Waals surface area contributed by atoms with Gasteiger partial charge >= 0.3 is 0 Å². The molecule has 130 valence electrons. The minimum atomic E-state index is 0.606. The van der Waals surface area contributed by atoms with E-state index >= 15 is 0 Å². The van der Waals surface area contributed by atoms with Gasteiger partial charge in [0.1, 0.15) is 6.07 Å². The van der Waals surface area contributed by atoms with Crippen molar-refractivity contribution in [2.45, 2.75) is 58.3 Å². The molecule has 1 saturated carbocycles. The molecule has 25 heavy (non-hydrogen) atoms. The fourth-order valence-electron chi connectivity index (χ4n) is 4.06. The highest BCUT2D eigenvalue weighted by Gasteiger charge is 2.20. The van der Waals surface area contributed by atoms with E-state index in [1.165, 1.54) is 56.9 Å². The summed E-state index contributed by atoms with van der Waals surface area (Å²) in [7, 11) is 0. The molecule has 0 radical (unpaired) electrons. The molecule has 2 aromatic rings. The van der Waals surface area contributed by atoms with Crippen molar-refractivity contribution in [2.24, 2.45) is 11.8 Å². The SMILES string of the molecule is CCC[C@H]1CC[C@H](CCc2ccc(-c3ccc(C#N)cn3)cc2)CC1. The molecule has 0 saturated heterocycles. The number of nitrogens with zero attached hydrogens (tertiary/aromatic N) is 2. The highest BCUT2D eigenvalue weighted by molar-refractivity contribution is 5.59.